The summed E-state index contributed by atoms with van der Waals surface area (Å²) in [5, 5.41) is 23.4. The third-order valence-corrected chi connectivity index (χ3v) is 4.34. The lowest BCUT2D eigenvalue weighted by molar-refractivity contribution is -0.137. The Bertz CT molecular complexity index is 944. The first-order chi connectivity index (χ1) is 13.3. The molecule has 2 aromatic carbocycles. The number of benzene rings is 2. The number of thioether (sulfide) groups is 1. The molecule has 142 valence electrons. The van der Waals surface area contributed by atoms with Crippen molar-refractivity contribution in [2.24, 2.45) is 0 Å². The average Bonchev–Trinajstić information content (AvgIpc) is 2.67. The van der Waals surface area contributed by atoms with Crippen LogP contribution >= 0.6 is 11.8 Å². The molecule has 0 aliphatic heterocycles. The Kier molecular flexibility index (Phi) is 7.08. The molecular formula is C19H13F3N4OS. The summed E-state index contributed by atoms with van der Waals surface area (Å²) in [4.78, 5) is 12.1. The van der Waals surface area contributed by atoms with Crippen LogP contribution < -0.4 is 10.6 Å². The van der Waals surface area contributed by atoms with E-state index in [0.717, 1.165) is 23.9 Å². The highest BCUT2D eigenvalue weighted by Crippen LogP contribution is 2.34. The molecule has 0 fully saturated rings. The summed E-state index contributed by atoms with van der Waals surface area (Å²) in [6.45, 7) is 0. The topological polar surface area (TPSA) is 88.7 Å². The lowest BCUT2D eigenvalue weighted by Gasteiger charge is -2.14. The van der Waals surface area contributed by atoms with Gasteiger partial charge in [-0.3, -0.25) is 4.79 Å². The number of nitrogens with one attached hydrogen (secondary N) is 2. The average molecular weight is 402 g/mol. The number of amides is 1. The number of alkyl halides is 3. The van der Waals surface area contributed by atoms with Crippen molar-refractivity contribution in [1.82, 2.24) is 0 Å². The van der Waals surface area contributed by atoms with Crippen molar-refractivity contribution in [3.63, 3.8) is 0 Å². The maximum absolute atomic E-state index is 13.0. The number of allylic oxidation sites excluding steroid dienone is 1. The molecule has 0 aromatic heterocycles. The zero-order chi connectivity index (χ0) is 20.6. The van der Waals surface area contributed by atoms with Gasteiger partial charge in [-0.25, -0.2) is 0 Å². The first kappa shape index (κ1) is 20.9. The van der Waals surface area contributed by atoms with Crippen LogP contribution in [0.25, 0.3) is 0 Å². The summed E-state index contributed by atoms with van der Waals surface area (Å²) in [5.41, 5.74) is -0.961. The fraction of sp³-hybridized carbons (Fsp3) is 0.105. The lowest BCUT2D eigenvalue weighted by atomic mass is 10.1. The molecule has 0 bridgehead atoms. The number of hydrogen-bond acceptors (Lipinski definition) is 5. The Labute approximate surface area is 163 Å². The quantitative estimate of drug-likeness (QED) is 0.681. The fourth-order valence-electron chi connectivity index (χ4n) is 2.11. The summed E-state index contributed by atoms with van der Waals surface area (Å²) in [6, 6.07) is 16.7. The van der Waals surface area contributed by atoms with E-state index >= 15 is 0 Å². The van der Waals surface area contributed by atoms with Gasteiger partial charge in [0.15, 0.2) is 5.57 Å². The van der Waals surface area contributed by atoms with Gasteiger partial charge in [-0.1, -0.05) is 42.1 Å². The molecule has 0 spiro atoms. The van der Waals surface area contributed by atoms with Gasteiger partial charge in [0.2, 0.25) is 5.91 Å². The van der Waals surface area contributed by atoms with Gasteiger partial charge in [0, 0.05) is 5.69 Å². The largest absolute Gasteiger partial charge is 0.418 e. The van der Waals surface area contributed by atoms with Gasteiger partial charge in [0.05, 0.1) is 17.0 Å². The van der Waals surface area contributed by atoms with E-state index in [1.165, 1.54) is 12.1 Å². The van der Waals surface area contributed by atoms with Crippen LogP contribution in [0, 0.1) is 22.7 Å². The van der Waals surface area contributed by atoms with Gasteiger partial charge in [0.1, 0.15) is 17.2 Å². The number of halogens is 3. The summed E-state index contributed by atoms with van der Waals surface area (Å²) >= 11 is 0.845. The van der Waals surface area contributed by atoms with Crippen LogP contribution in [0.1, 0.15) is 5.56 Å². The first-order valence-corrected chi connectivity index (χ1v) is 8.79. The molecule has 0 heterocycles. The van der Waals surface area contributed by atoms with E-state index in [0.29, 0.717) is 5.69 Å². The number of anilines is 2. The minimum atomic E-state index is -4.61. The van der Waals surface area contributed by atoms with Crippen molar-refractivity contribution in [2.45, 2.75) is 6.18 Å². The van der Waals surface area contributed by atoms with E-state index in [-0.39, 0.29) is 22.0 Å². The van der Waals surface area contributed by atoms with Crippen LogP contribution in [0.3, 0.4) is 0 Å². The van der Waals surface area contributed by atoms with Crippen LogP contribution in [0.2, 0.25) is 0 Å². The highest BCUT2D eigenvalue weighted by Gasteiger charge is 2.33. The zero-order valence-electron chi connectivity index (χ0n) is 14.2. The van der Waals surface area contributed by atoms with Gasteiger partial charge in [0.25, 0.3) is 0 Å². The number of carbonyl (C=O) groups is 1. The van der Waals surface area contributed by atoms with Crippen molar-refractivity contribution in [3.05, 3.63) is 70.8 Å². The van der Waals surface area contributed by atoms with E-state index in [4.69, 9.17) is 10.5 Å². The number of carbonyl (C=O) groups excluding carboxylic acids is 1. The standard InChI is InChI=1S/C19H13F3N4OS/c20-19(21,22)15-8-4-5-9-16(15)26-17(27)12-28-18(13(10-23)11-24)25-14-6-2-1-3-7-14/h1-9,25H,12H2,(H,26,27). The van der Waals surface area contributed by atoms with Crippen molar-refractivity contribution in [2.75, 3.05) is 16.4 Å². The minimum Gasteiger partial charge on any atom is -0.349 e. The zero-order valence-corrected chi connectivity index (χ0v) is 15.1. The SMILES string of the molecule is N#CC(C#N)=C(Nc1ccccc1)SCC(=O)Nc1ccccc1C(F)(F)F. The highest BCUT2D eigenvalue weighted by atomic mass is 32.2. The van der Waals surface area contributed by atoms with E-state index in [1.807, 2.05) is 0 Å². The summed E-state index contributed by atoms with van der Waals surface area (Å²) < 4.78 is 39.0. The molecule has 0 atom stereocenters. The minimum absolute atomic E-state index is 0.135. The molecule has 0 unspecified atom stereocenters. The third kappa shape index (κ3) is 5.79. The molecule has 2 rings (SSSR count). The predicted octanol–water partition coefficient (Wildman–Crippen LogP) is 4.75. The monoisotopic (exact) mass is 402 g/mol. The summed E-state index contributed by atoms with van der Waals surface area (Å²) in [7, 11) is 0. The molecule has 2 N–H and O–H groups in total. The molecule has 0 radical (unpaired) electrons. The van der Waals surface area contributed by atoms with Gasteiger partial charge >= 0.3 is 6.18 Å². The van der Waals surface area contributed by atoms with Crippen molar-refractivity contribution >= 4 is 29.0 Å². The van der Waals surface area contributed by atoms with E-state index < -0.39 is 17.6 Å². The van der Waals surface area contributed by atoms with Crippen LogP contribution in [-0.4, -0.2) is 11.7 Å². The van der Waals surface area contributed by atoms with Gasteiger partial charge in [-0.2, -0.15) is 23.7 Å². The second kappa shape index (κ2) is 9.49. The van der Waals surface area contributed by atoms with Crippen LogP contribution in [-0.2, 0) is 11.0 Å². The summed E-state index contributed by atoms with van der Waals surface area (Å²) in [5.74, 6) is -1.00. The van der Waals surface area contributed by atoms with Gasteiger partial charge in [-0.05, 0) is 24.3 Å². The van der Waals surface area contributed by atoms with Crippen LogP contribution in [0.15, 0.2) is 65.2 Å². The molecule has 0 saturated heterocycles. The summed E-state index contributed by atoms with van der Waals surface area (Å²) in [6.07, 6.45) is -4.61. The molecule has 9 heteroatoms. The number of hydrogen-bond donors (Lipinski definition) is 2. The Morgan fingerprint density at radius 1 is 0.964 bits per heavy atom. The van der Waals surface area contributed by atoms with E-state index in [1.54, 1.807) is 42.5 Å². The van der Waals surface area contributed by atoms with Crippen LogP contribution in [0.5, 0.6) is 0 Å². The second-order valence-corrected chi connectivity index (χ2v) is 6.28. The molecule has 28 heavy (non-hydrogen) atoms. The van der Waals surface area contributed by atoms with Gasteiger partial charge in [-0.15, -0.1) is 0 Å². The molecule has 1 amide bonds. The molecule has 0 saturated carbocycles. The Morgan fingerprint density at radius 2 is 1.57 bits per heavy atom. The second-order valence-electron chi connectivity index (χ2n) is 5.30. The molecule has 0 aliphatic carbocycles. The van der Waals surface area contributed by atoms with Crippen molar-refractivity contribution in [1.29, 1.82) is 10.5 Å². The number of nitrogens with zero attached hydrogens (tertiary/aromatic N) is 2. The van der Waals surface area contributed by atoms with Crippen molar-refractivity contribution in [3.8, 4) is 12.1 Å². The van der Waals surface area contributed by atoms with Crippen LogP contribution in [0.4, 0.5) is 24.5 Å². The molecule has 5 nitrogen and oxygen atoms in total. The third-order valence-electron chi connectivity index (χ3n) is 3.34. The highest BCUT2D eigenvalue weighted by molar-refractivity contribution is 8.03. The van der Waals surface area contributed by atoms with Gasteiger partial charge < -0.3 is 10.6 Å². The smallest absolute Gasteiger partial charge is 0.349 e. The Balaban J connectivity index is 2.12. The van der Waals surface area contributed by atoms with Crippen molar-refractivity contribution < 1.29 is 18.0 Å². The molecule has 2 aromatic rings. The predicted molar refractivity (Wildman–Crippen MR) is 101 cm³/mol. The Morgan fingerprint density at radius 3 is 2.18 bits per heavy atom. The fourth-order valence-corrected chi connectivity index (χ4v) is 2.89. The first-order valence-electron chi connectivity index (χ1n) is 7.80. The molecule has 0 aliphatic rings. The molecular weight excluding hydrogens is 389 g/mol. The van der Waals surface area contributed by atoms with E-state index in [2.05, 4.69) is 10.6 Å². The number of para-hydroxylation sites is 2. The number of rotatable bonds is 6. The van der Waals surface area contributed by atoms with E-state index in [9.17, 15) is 18.0 Å². The lowest BCUT2D eigenvalue weighted by Crippen LogP contribution is -2.18. The number of nitriles is 2. The normalized spacial score (nSPS) is 10.3. The maximum atomic E-state index is 13.0. The Hall–Kier alpha value is -3.43. The maximum Gasteiger partial charge on any atom is 0.418 e.